The SMILES string of the molecule is O=Cc1cc(-c2nccs2)c2oc(N3CC4CC(C3)N4C(=O)O)nc2c1C(F)(F)F. The first-order chi connectivity index (χ1) is 14.3. The maximum atomic E-state index is 13.8. The van der Waals surface area contributed by atoms with Crippen LogP contribution in [-0.2, 0) is 6.18 Å². The monoisotopic (exact) mass is 438 g/mol. The number of aldehydes is 1. The number of piperazine rings is 1. The summed E-state index contributed by atoms with van der Waals surface area (Å²) in [7, 11) is 0. The molecule has 3 fully saturated rings. The normalized spacial score (nSPS) is 21.0. The number of hydrogen-bond acceptors (Lipinski definition) is 7. The van der Waals surface area contributed by atoms with E-state index in [0.29, 0.717) is 11.4 Å². The minimum absolute atomic E-state index is 0.0314. The second-order valence-electron chi connectivity index (χ2n) is 7.15. The number of carbonyl (C=O) groups excluding carboxylic acids is 1. The average molecular weight is 438 g/mol. The largest absolute Gasteiger partial charge is 0.465 e. The number of nitrogens with zero attached hydrogens (tertiary/aromatic N) is 4. The molecule has 156 valence electrons. The van der Waals surface area contributed by atoms with Crippen LogP contribution in [0.15, 0.2) is 22.1 Å². The number of fused-ring (bicyclic) bond motifs is 3. The van der Waals surface area contributed by atoms with E-state index in [-0.39, 0.29) is 48.6 Å². The van der Waals surface area contributed by atoms with Gasteiger partial charge in [-0.25, -0.2) is 9.78 Å². The summed E-state index contributed by atoms with van der Waals surface area (Å²) in [6.07, 6.45) is -3.49. The number of amides is 1. The first-order valence-electron chi connectivity index (χ1n) is 8.94. The summed E-state index contributed by atoms with van der Waals surface area (Å²) in [5, 5.41) is 11.3. The fourth-order valence-corrected chi connectivity index (χ4v) is 4.86. The quantitative estimate of drug-likeness (QED) is 0.622. The van der Waals surface area contributed by atoms with Crippen molar-refractivity contribution in [2.24, 2.45) is 0 Å². The predicted molar refractivity (Wildman–Crippen MR) is 99.8 cm³/mol. The summed E-state index contributed by atoms with van der Waals surface area (Å²) in [5.41, 5.74) is -2.01. The van der Waals surface area contributed by atoms with Gasteiger partial charge >= 0.3 is 12.3 Å². The molecule has 8 nitrogen and oxygen atoms in total. The highest BCUT2D eigenvalue weighted by Crippen LogP contribution is 2.43. The number of hydrogen-bond donors (Lipinski definition) is 1. The number of carbonyl (C=O) groups is 2. The van der Waals surface area contributed by atoms with Crippen LogP contribution in [0.25, 0.3) is 21.7 Å². The molecule has 2 unspecified atom stereocenters. The topological polar surface area (TPSA) is 99.8 Å². The summed E-state index contributed by atoms with van der Waals surface area (Å²) >= 11 is 1.20. The standard InChI is InChI=1S/C18H13F3N4O4S/c19-18(20,21)12-8(7-26)3-11(15-22-1-2-30-15)14-13(12)23-16(29-14)24-5-9-4-10(6-24)25(9)17(27)28/h1-3,7,9-10H,4-6H2,(H,27,28). The Labute approximate surface area is 170 Å². The lowest BCUT2D eigenvalue weighted by atomic mass is 9.88. The van der Waals surface area contributed by atoms with E-state index in [4.69, 9.17) is 4.42 Å². The minimum Gasteiger partial charge on any atom is -0.465 e. The Morgan fingerprint density at radius 3 is 2.63 bits per heavy atom. The van der Waals surface area contributed by atoms with E-state index in [9.17, 15) is 27.9 Å². The molecule has 1 aromatic carbocycles. The van der Waals surface area contributed by atoms with E-state index in [1.807, 2.05) is 0 Å². The van der Waals surface area contributed by atoms with Crippen molar-refractivity contribution in [2.75, 3.05) is 18.0 Å². The maximum absolute atomic E-state index is 13.8. The number of piperidine rings is 1. The molecule has 1 amide bonds. The molecule has 0 saturated carbocycles. The molecule has 3 aliphatic rings. The number of oxazole rings is 1. The number of aromatic nitrogens is 2. The molecular formula is C18H13F3N4O4S. The van der Waals surface area contributed by atoms with E-state index in [0.717, 1.165) is 6.07 Å². The molecule has 5 heterocycles. The number of halogens is 3. The van der Waals surface area contributed by atoms with Gasteiger partial charge in [-0.3, -0.25) is 9.69 Å². The van der Waals surface area contributed by atoms with Gasteiger partial charge < -0.3 is 14.4 Å². The summed E-state index contributed by atoms with van der Waals surface area (Å²) in [6, 6.07) is 0.562. The van der Waals surface area contributed by atoms with Gasteiger partial charge in [0.05, 0.1) is 23.2 Å². The highest BCUT2D eigenvalue weighted by molar-refractivity contribution is 7.13. The average Bonchev–Trinajstić information content (AvgIpc) is 3.35. The zero-order chi connectivity index (χ0) is 21.2. The number of carboxylic acid groups (broad SMARTS) is 1. The number of rotatable bonds is 3. The first kappa shape index (κ1) is 18.9. The molecule has 30 heavy (non-hydrogen) atoms. The molecule has 2 aromatic heterocycles. The van der Waals surface area contributed by atoms with Crippen molar-refractivity contribution in [3.63, 3.8) is 0 Å². The molecule has 3 saturated heterocycles. The second-order valence-corrected chi connectivity index (χ2v) is 8.05. The van der Waals surface area contributed by atoms with Crippen molar-refractivity contribution in [3.05, 3.63) is 28.8 Å². The summed E-state index contributed by atoms with van der Waals surface area (Å²) in [4.78, 5) is 33.9. The summed E-state index contributed by atoms with van der Waals surface area (Å²) in [6.45, 7) is 0.536. The molecule has 0 spiro atoms. The molecule has 1 N–H and O–H groups in total. The Hall–Kier alpha value is -3.15. The first-order valence-corrected chi connectivity index (χ1v) is 9.82. The van der Waals surface area contributed by atoms with Gasteiger partial charge in [0.15, 0.2) is 11.9 Å². The van der Waals surface area contributed by atoms with Crippen LogP contribution in [-0.4, -0.2) is 57.5 Å². The van der Waals surface area contributed by atoms with Crippen LogP contribution in [0.5, 0.6) is 0 Å². The van der Waals surface area contributed by atoms with Gasteiger partial charge in [-0.1, -0.05) is 0 Å². The molecule has 3 aliphatic heterocycles. The fourth-order valence-electron chi connectivity index (χ4n) is 4.21. The van der Waals surface area contributed by atoms with Crippen LogP contribution < -0.4 is 4.90 Å². The smallest absolute Gasteiger partial charge is 0.419 e. The Bertz CT molecular complexity index is 1150. The zero-order valence-electron chi connectivity index (χ0n) is 15.1. The summed E-state index contributed by atoms with van der Waals surface area (Å²) in [5.74, 6) is 0. The molecule has 3 aromatic rings. The van der Waals surface area contributed by atoms with Gasteiger partial charge in [0.2, 0.25) is 0 Å². The van der Waals surface area contributed by atoms with Crippen molar-refractivity contribution < 1.29 is 32.3 Å². The Kier molecular flexibility index (Phi) is 4.04. The Balaban J connectivity index is 1.65. The van der Waals surface area contributed by atoms with Gasteiger partial charge in [0, 0.05) is 30.2 Å². The lowest BCUT2D eigenvalue weighted by molar-refractivity contribution is -0.136. The van der Waals surface area contributed by atoms with Crippen molar-refractivity contribution in [3.8, 4) is 10.6 Å². The van der Waals surface area contributed by atoms with Crippen molar-refractivity contribution >= 4 is 40.8 Å². The van der Waals surface area contributed by atoms with E-state index in [1.54, 1.807) is 10.3 Å². The second kappa shape index (κ2) is 6.42. The highest BCUT2D eigenvalue weighted by Gasteiger charge is 2.48. The molecule has 0 aliphatic carbocycles. The van der Waals surface area contributed by atoms with E-state index >= 15 is 0 Å². The maximum Gasteiger partial charge on any atom is 0.419 e. The minimum atomic E-state index is -4.81. The van der Waals surface area contributed by atoms with E-state index in [2.05, 4.69) is 9.97 Å². The molecule has 2 atom stereocenters. The molecule has 2 bridgehead atoms. The lowest BCUT2D eigenvalue weighted by Crippen LogP contribution is -2.70. The van der Waals surface area contributed by atoms with Gasteiger partial charge in [-0.05, 0) is 12.5 Å². The van der Waals surface area contributed by atoms with Crippen LogP contribution in [0.3, 0.4) is 0 Å². The molecular weight excluding hydrogens is 425 g/mol. The van der Waals surface area contributed by atoms with Crippen molar-refractivity contribution in [1.82, 2.24) is 14.9 Å². The van der Waals surface area contributed by atoms with Gasteiger partial charge in [-0.15, -0.1) is 11.3 Å². The van der Waals surface area contributed by atoms with Gasteiger partial charge in [0.25, 0.3) is 6.01 Å². The molecule has 6 rings (SSSR count). The Morgan fingerprint density at radius 1 is 1.33 bits per heavy atom. The van der Waals surface area contributed by atoms with Gasteiger partial charge in [0.1, 0.15) is 10.5 Å². The van der Waals surface area contributed by atoms with Crippen LogP contribution >= 0.6 is 11.3 Å². The highest BCUT2D eigenvalue weighted by atomic mass is 32.1. The molecule has 12 heteroatoms. The summed E-state index contributed by atoms with van der Waals surface area (Å²) < 4.78 is 47.0. The van der Waals surface area contributed by atoms with Crippen LogP contribution in [0.4, 0.5) is 24.0 Å². The van der Waals surface area contributed by atoms with Crippen LogP contribution in [0.2, 0.25) is 0 Å². The fraction of sp³-hybridized carbons (Fsp3) is 0.333. The third kappa shape index (κ3) is 2.74. The van der Waals surface area contributed by atoms with E-state index in [1.165, 1.54) is 22.4 Å². The number of anilines is 1. The number of benzene rings is 1. The molecule has 0 radical (unpaired) electrons. The van der Waals surface area contributed by atoms with Crippen LogP contribution in [0, 0.1) is 0 Å². The number of alkyl halides is 3. The van der Waals surface area contributed by atoms with E-state index < -0.39 is 28.9 Å². The van der Waals surface area contributed by atoms with Crippen molar-refractivity contribution in [2.45, 2.75) is 24.7 Å². The predicted octanol–water partition coefficient (Wildman–Crippen LogP) is 3.72. The third-order valence-corrected chi connectivity index (χ3v) is 6.25. The van der Waals surface area contributed by atoms with Crippen molar-refractivity contribution in [1.29, 1.82) is 0 Å². The van der Waals surface area contributed by atoms with Gasteiger partial charge in [-0.2, -0.15) is 18.2 Å². The lowest BCUT2D eigenvalue weighted by Gasteiger charge is -2.54. The van der Waals surface area contributed by atoms with Crippen LogP contribution in [0.1, 0.15) is 22.3 Å². The third-order valence-electron chi connectivity index (χ3n) is 5.44. The number of thiazole rings is 1. The zero-order valence-corrected chi connectivity index (χ0v) is 15.9. The Morgan fingerprint density at radius 2 is 2.07 bits per heavy atom.